The van der Waals surface area contributed by atoms with Crippen LogP contribution in [0.15, 0.2) is 66.3 Å². The van der Waals surface area contributed by atoms with Gasteiger partial charge in [0.15, 0.2) is 11.0 Å². The number of rotatable bonds is 9. The first-order chi connectivity index (χ1) is 14.1. The quantitative estimate of drug-likeness (QED) is 0.408. The van der Waals surface area contributed by atoms with Crippen LogP contribution in [-0.4, -0.2) is 33.5 Å². The van der Waals surface area contributed by atoms with E-state index in [1.165, 1.54) is 11.8 Å². The summed E-state index contributed by atoms with van der Waals surface area (Å²) in [5.74, 6) is 1.65. The first kappa shape index (κ1) is 21.0. The molecule has 1 N–H and O–H groups in total. The van der Waals surface area contributed by atoms with E-state index in [-0.39, 0.29) is 11.7 Å². The second kappa shape index (κ2) is 10.1. The zero-order valence-electron chi connectivity index (χ0n) is 16.0. The maximum atomic E-state index is 12.2. The largest absolute Gasteiger partial charge is 0.497 e. The van der Waals surface area contributed by atoms with Crippen molar-refractivity contribution in [3.8, 4) is 17.1 Å². The minimum Gasteiger partial charge on any atom is -0.497 e. The second-order valence-corrected chi connectivity index (χ2v) is 7.50. The summed E-state index contributed by atoms with van der Waals surface area (Å²) in [6.07, 6.45) is 1.78. The van der Waals surface area contributed by atoms with Crippen LogP contribution in [-0.2, 0) is 17.9 Å². The van der Waals surface area contributed by atoms with Crippen LogP contribution in [0.3, 0.4) is 0 Å². The molecule has 3 rings (SSSR count). The molecular weight excluding hydrogens is 408 g/mol. The predicted molar refractivity (Wildman–Crippen MR) is 116 cm³/mol. The van der Waals surface area contributed by atoms with Crippen LogP contribution < -0.4 is 10.1 Å². The number of nitrogens with one attached hydrogen (secondary N) is 1. The summed E-state index contributed by atoms with van der Waals surface area (Å²) in [4.78, 5) is 12.2. The highest BCUT2D eigenvalue weighted by Gasteiger charge is 2.15. The van der Waals surface area contributed by atoms with Gasteiger partial charge in [-0.2, -0.15) is 0 Å². The van der Waals surface area contributed by atoms with Gasteiger partial charge in [-0.15, -0.1) is 16.8 Å². The molecule has 6 nitrogen and oxygen atoms in total. The summed E-state index contributed by atoms with van der Waals surface area (Å²) in [7, 11) is 1.63. The second-order valence-electron chi connectivity index (χ2n) is 6.13. The molecule has 0 saturated carbocycles. The molecule has 0 aliphatic heterocycles. The summed E-state index contributed by atoms with van der Waals surface area (Å²) >= 11 is 7.21. The van der Waals surface area contributed by atoms with Crippen molar-refractivity contribution in [2.45, 2.75) is 18.2 Å². The predicted octanol–water partition coefficient (Wildman–Crippen LogP) is 4.20. The van der Waals surface area contributed by atoms with Gasteiger partial charge >= 0.3 is 0 Å². The first-order valence-electron chi connectivity index (χ1n) is 8.93. The number of aromatic nitrogens is 3. The molecule has 0 aliphatic carbocycles. The van der Waals surface area contributed by atoms with Crippen molar-refractivity contribution >= 4 is 29.3 Å². The van der Waals surface area contributed by atoms with Crippen LogP contribution in [0.4, 0.5) is 0 Å². The van der Waals surface area contributed by atoms with Gasteiger partial charge in [-0.25, -0.2) is 0 Å². The van der Waals surface area contributed by atoms with Crippen LogP contribution in [0.2, 0.25) is 5.02 Å². The number of halogens is 1. The minimum atomic E-state index is -0.0795. The topological polar surface area (TPSA) is 69.0 Å². The fourth-order valence-electron chi connectivity index (χ4n) is 2.63. The Morgan fingerprint density at radius 2 is 1.93 bits per heavy atom. The van der Waals surface area contributed by atoms with E-state index in [9.17, 15) is 4.79 Å². The lowest BCUT2D eigenvalue weighted by Gasteiger charge is -2.09. The van der Waals surface area contributed by atoms with Gasteiger partial charge in [0.25, 0.3) is 0 Å². The Bertz CT molecular complexity index is 971. The fourth-order valence-corrected chi connectivity index (χ4v) is 3.53. The molecule has 0 fully saturated rings. The van der Waals surface area contributed by atoms with Crippen LogP contribution in [0.1, 0.15) is 5.56 Å². The normalized spacial score (nSPS) is 10.6. The van der Waals surface area contributed by atoms with Crippen molar-refractivity contribution in [3.05, 3.63) is 71.8 Å². The van der Waals surface area contributed by atoms with Gasteiger partial charge in [-0.05, 0) is 42.0 Å². The van der Waals surface area contributed by atoms with Gasteiger partial charge in [-0.1, -0.05) is 41.6 Å². The molecular formula is C21H21ClN4O2S. The molecule has 0 atom stereocenters. The maximum absolute atomic E-state index is 12.2. The molecule has 0 bridgehead atoms. The average Bonchev–Trinajstić information content (AvgIpc) is 3.14. The monoisotopic (exact) mass is 428 g/mol. The lowest BCUT2D eigenvalue weighted by Crippen LogP contribution is -2.24. The Balaban J connectivity index is 1.63. The molecule has 0 spiro atoms. The molecule has 2 aromatic carbocycles. The zero-order chi connectivity index (χ0) is 20.6. The Morgan fingerprint density at radius 1 is 1.21 bits per heavy atom. The number of carbonyl (C=O) groups excluding carboxylic acids is 1. The number of thioether (sulfide) groups is 1. The van der Waals surface area contributed by atoms with Crippen molar-refractivity contribution in [3.63, 3.8) is 0 Å². The number of nitrogens with zero attached hydrogens (tertiary/aromatic N) is 3. The molecule has 3 aromatic rings. The summed E-state index contributed by atoms with van der Waals surface area (Å²) in [6, 6.07) is 15.0. The number of benzene rings is 2. The lowest BCUT2D eigenvalue weighted by atomic mass is 10.2. The van der Waals surface area contributed by atoms with E-state index in [1.54, 1.807) is 25.3 Å². The van der Waals surface area contributed by atoms with Crippen molar-refractivity contribution < 1.29 is 9.53 Å². The van der Waals surface area contributed by atoms with Crippen LogP contribution >= 0.6 is 23.4 Å². The van der Waals surface area contributed by atoms with E-state index in [0.29, 0.717) is 23.3 Å². The van der Waals surface area contributed by atoms with E-state index in [2.05, 4.69) is 22.1 Å². The molecule has 0 aliphatic rings. The lowest BCUT2D eigenvalue weighted by molar-refractivity contribution is -0.118. The average molecular weight is 429 g/mol. The summed E-state index contributed by atoms with van der Waals surface area (Å²) in [6.45, 7) is 4.81. The fraction of sp³-hybridized carbons (Fsp3) is 0.190. The van der Waals surface area contributed by atoms with Crippen molar-refractivity contribution in [1.29, 1.82) is 0 Å². The van der Waals surface area contributed by atoms with Crippen molar-refractivity contribution in [1.82, 2.24) is 20.1 Å². The Kier molecular flexibility index (Phi) is 7.32. The molecule has 0 unspecified atom stereocenters. The molecule has 0 radical (unpaired) electrons. The van der Waals surface area contributed by atoms with Crippen LogP contribution in [0, 0.1) is 0 Å². The summed E-state index contributed by atoms with van der Waals surface area (Å²) in [5.41, 5.74) is 1.91. The summed E-state index contributed by atoms with van der Waals surface area (Å²) in [5, 5.41) is 12.8. The number of amides is 1. The highest BCUT2D eigenvalue weighted by atomic mass is 35.5. The number of methoxy groups -OCH3 is 1. The van der Waals surface area contributed by atoms with E-state index >= 15 is 0 Å². The first-order valence-corrected chi connectivity index (χ1v) is 10.3. The number of hydrogen-bond acceptors (Lipinski definition) is 5. The Morgan fingerprint density at radius 3 is 2.59 bits per heavy atom. The molecule has 8 heteroatoms. The third-order valence-corrected chi connectivity index (χ3v) is 5.33. The summed E-state index contributed by atoms with van der Waals surface area (Å²) < 4.78 is 7.14. The highest BCUT2D eigenvalue weighted by Crippen LogP contribution is 2.25. The maximum Gasteiger partial charge on any atom is 0.230 e. The number of carbonyl (C=O) groups is 1. The van der Waals surface area contributed by atoms with E-state index in [4.69, 9.17) is 16.3 Å². The smallest absolute Gasteiger partial charge is 0.230 e. The van der Waals surface area contributed by atoms with E-state index < -0.39 is 0 Å². The van der Waals surface area contributed by atoms with Gasteiger partial charge in [-0.3, -0.25) is 9.36 Å². The zero-order valence-corrected chi connectivity index (χ0v) is 17.5. The molecule has 1 amide bonds. The Labute approximate surface area is 178 Å². The van der Waals surface area contributed by atoms with Gasteiger partial charge in [0.1, 0.15) is 5.75 Å². The van der Waals surface area contributed by atoms with Gasteiger partial charge in [0, 0.05) is 23.7 Å². The van der Waals surface area contributed by atoms with Crippen molar-refractivity contribution in [2.24, 2.45) is 0 Å². The third-order valence-electron chi connectivity index (χ3n) is 4.11. The van der Waals surface area contributed by atoms with E-state index in [0.717, 1.165) is 22.7 Å². The number of ether oxygens (including phenoxy) is 1. The van der Waals surface area contributed by atoms with E-state index in [1.807, 2.05) is 41.0 Å². The Hall–Kier alpha value is -2.77. The molecule has 0 saturated heterocycles. The van der Waals surface area contributed by atoms with Gasteiger partial charge in [0.2, 0.25) is 5.91 Å². The van der Waals surface area contributed by atoms with Gasteiger partial charge < -0.3 is 10.1 Å². The van der Waals surface area contributed by atoms with Crippen molar-refractivity contribution in [2.75, 3.05) is 12.9 Å². The van der Waals surface area contributed by atoms with Crippen LogP contribution in [0.5, 0.6) is 5.75 Å². The molecule has 29 heavy (non-hydrogen) atoms. The number of hydrogen-bond donors (Lipinski definition) is 1. The molecule has 1 aromatic heterocycles. The molecule has 150 valence electrons. The number of allylic oxidation sites excluding steroid dienone is 1. The highest BCUT2D eigenvalue weighted by molar-refractivity contribution is 7.99. The van der Waals surface area contributed by atoms with Gasteiger partial charge in [0.05, 0.1) is 12.9 Å². The van der Waals surface area contributed by atoms with Crippen LogP contribution in [0.25, 0.3) is 11.4 Å². The minimum absolute atomic E-state index is 0.0795. The molecule has 1 heterocycles. The SMILES string of the molecule is C=CCn1c(SCC(=O)NCc2ccc(Cl)cc2)nnc1-c1ccc(OC)cc1. The third kappa shape index (κ3) is 5.62. The standard InChI is InChI=1S/C21H21ClN4O2S/c1-3-12-26-20(16-6-10-18(28-2)11-7-16)24-25-21(26)29-14-19(27)23-13-15-4-8-17(22)9-5-15/h3-11H,1,12-14H2,2H3,(H,23,27).